The fourth-order valence-electron chi connectivity index (χ4n) is 2.96. The number of hydrogen-bond acceptors (Lipinski definition) is 4. The molecule has 1 saturated heterocycles. The minimum atomic E-state index is -0.573. The third-order valence-electron chi connectivity index (χ3n) is 4.38. The van der Waals surface area contributed by atoms with Gasteiger partial charge in [0.2, 0.25) is 11.8 Å². The maximum atomic E-state index is 13.5. The highest BCUT2D eigenvalue weighted by molar-refractivity contribution is 5.89. The molecule has 2 aliphatic rings. The predicted octanol–water partition coefficient (Wildman–Crippen LogP) is 1.24. The molecule has 0 unspecified atom stereocenters. The van der Waals surface area contributed by atoms with Crippen LogP contribution in [0.4, 0.5) is 10.1 Å². The van der Waals surface area contributed by atoms with Crippen LogP contribution >= 0.6 is 0 Å². The molecular formula is C17H19FN4O2. The Morgan fingerprint density at radius 3 is 2.88 bits per heavy atom. The summed E-state index contributed by atoms with van der Waals surface area (Å²) >= 11 is 0. The third kappa shape index (κ3) is 3.48. The Kier molecular flexibility index (Phi) is 4.65. The summed E-state index contributed by atoms with van der Waals surface area (Å²) in [6, 6.07) is 6.53. The fraction of sp³-hybridized carbons (Fsp3) is 0.471. The summed E-state index contributed by atoms with van der Waals surface area (Å²) in [6.07, 6.45) is 2.36. The summed E-state index contributed by atoms with van der Waals surface area (Å²) < 4.78 is 13.5. The summed E-state index contributed by atoms with van der Waals surface area (Å²) in [5.41, 5.74) is 0.369. The maximum Gasteiger partial charge on any atom is 0.225 e. The van der Waals surface area contributed by atoms with Crippen LogP contribution in [0.15, 0.2) is 18.2 Å². The van der Waals surface area contributed by atoms with Crippen LogP contribution in [0.25, 0.3) is 0 Å². The van der Waals surface area contributed by atoms with Gasteiger partial charge in [-0.2, -0.15) is 5.26 Å². The molecule has 1 saturated carbocycles. The molecule has 1 aromatic rings. The number of nitrogens with one attached hydrogen (secondary N) is 2. The first-order valence-electron chi connectivity index (χ1n) is 8.10. The van der Waals surface area contributed by atoms with E-state index in [9.17, 15) is 14.0 Å². The molecule has 0 bridgehead atoms. The van der Waals surface area contributed by atoms with Gasteiger partial charge in [-0.25, -0.2) is 4.39 Å². The Morgan fingerprint density at radius 1 is 1.38 bits per heavy atom. The van der Waals surface area contributed by atoms with Gasteiger partial charge in [-0.15, -0.1) is 0 Å². The first-order chi connectivity index (χ1) is 11.6. The van der Waals surface area contributed by atoms with Gasteiger partial charge in [-0.1, -0.05) is 6.07 Å². The van der Waals surface area contributed by atoms with Crippen molar-refractivity contribution >= 4 is 17.5 Å². The molecule has 1 aromatic carbocycles. The zero-order valence-electron chi connectivity index (χ0n) is 13.2. The second-order valence-electron chi connectivity index (χ2n) is 6.17. The normalized spacial score (nSPS) is 19.9. The van der Waals surface area contributed by atoms with Gasteiger partial charge < -0.3 is 15.5 Å². The Balaban J connectivity index is 1.44. The van der Waals surface area contributed by atoms with Gasteiger partial charge in [0.1, 0.15) is 17.4 Å². The highest BCUT2D eigenvalue weighted by Crippen LogP contribution is 2.32. The van der Waals surface area contributed by atoms with E-state index in [1.807, 2.05) is 11.0 Å². The van der Waals surface area contributed by atoms with Crippen LogP contribution in [0.2, 0.25) is 0 Å². The minimum Gasteiger partial charge on any atom is -0.382 e. The number of amides is 2. The Hall–Kier alpha value is -2.62. The lowest BCUT2D eigenvalue weighted by atomic mass is 10.1. The number of anilines is 1. The molecule has 2 fully saturated rings. The Labute approximate surface area is 139 Å². The van der Waals surface area contributed by atoms with Crippen molar-refractivity contribution < 1.29 is 14.0 Å². The average molecular weight is 330 g/mol. The van der Waals surface area contributed by atoms with E-state index in [-0.39, 0.29) is 29.7 Å². The van der Waals surface area contributed by atoms with Gasteiger partial charge in [-0.05, 0) is 25.0 Å². The zero-order chi connectivity index (χ0) is 17.1. The molecule has 1 aliphatic heterocycles. The standard InChI is InChI=1S/C17H19FN4O2/c18-14-2-1-3-15(13(14)9-19)20-6-7-21-17(24)11-8-16(23)22(10-11)12-4-5-12/h1-3,11-12,20H,4-8,10H2,(H,21,24)/t11-/m0/s1. The molecule has 0 spiro atoms. The molecule has 0 aromatic heterocycles. The SMILES string of the molecule is N#Cc1c(F)cccc1NCCNC(=O)[C@H]1CC(=O)N(C2CC2)C1. The summed E-state index contributed by atoms with van der Waals surface area (Å²) in [5.74, 6) is -0.930. The van der Waals surface area contributed by atoms with Crippen molar-refractivity contribution in [1.82, 2.24) is 10.2 Å². The smallest absolute Gasteiger partial charge is 0.225 e. The molecule has 126 valence electrons. The molecule has 1 heterocycles. The highest BCUT2D eigenvalue weighted by Gasteiger charge is 2.41. The first kappa shape index (κ1) is 16.2. The monoisotopic (exact) mass is 330 g/mol. The molecule has 3 rings (SSSR count). The van der Waals surface area contributed by atoms with Gasteiger partial charge >= 0.3 is 0 Å². The molecule has 1 atom stereocenters. The molecule has 2 N–H and O–H groups in total. The number of carbonyl (C=O) groups excluding carboxylic acids is 2. The van der Waals surface area contributed by atoms with Crippen molar-refractivity contribution in [2.45, 2.75) is 25.3 Å². The van der Waals surface area contributed by atoms with E-state index in [2.05, 4.69) is 10.6 Å². The largest absolute Gasteiger partial charge is 0.382 e. The summed E-state index contributed by atoms with van der Waals surface area (Å²) in [4.78, 5) is 25.8. The van der Waals surface area contributed by atoms with E-state index in [4.69, 9.17) is 5.26 Å². The number of hydrogen-bond donors (Lipinski definition) is 2. The van der Waals surface area contributed by atoms with Crippen molar-refractivity contribution in [1.29, 1.82) is 5.26 Å². The van der Waals surface area contributed by atoms with Crippen molar-refractivity contribution in [3.63, 3.8) is 0 Å². The Morgan fingerprint density at radius 2 is 2.17 bits per heavy atom. The molecule has 7 heteroatoms. The summed E-state index contributed by atoms with van der Waals surface area (Å²) in [7, 11) is 0. The van der Waals surface area contributed by atoms with Crippen molar-refractivity contribution in [2.75, 3.05) is 25.0 Å². The lowest BCUT2D eigenvalue weighted by Crippen LogP contribution is -2.36. The van der Waals surface area contributed by atoms with Gasteiger partial charge in [0.15, 0.2) is 0 Å². The van der Waals surface area contributed by atoms with Gasteiger partial charge in [0.05, 0.1) is 11.6 Å². The van der Waals surface area contributed by atoms with Crippen LogP contribution < -0.4 is 10.6 Å². The number of halogens is 1. The van der Waals surface area contributed by atoms with Crippen molar-refractivity contribution in [2.24, 2.45) is 5.92 Å². The van der Waals surface area contributed by atoms with E-state index in [1.54, 1.807) is 6.07 Å². The highest BCUT2D eigenvalue weighted by atomic mass is 19.1. The lowest BCUT2D eigenvalue weighted by molar-refractivity contribution is -0.129. The molecule has 2 amide bonds. The number of nitrogens with zero attached hydrogens (tertiary/aromatic N) is 2. The van der Waals surface area contributed by atoms with Crippen molar-refractivity contribution in [3.05, 3.63) is 29.6 Å². The van der Waals surface area contributed by atoms with E-state index >= 15 is 0 Å². The summed E-state index contributed by atoms with van der Waals surface area (Å²) in [5, 5.41) is 14.7. The quantitative estimate of drug-likeness (QED) is 0.769. The lowest BCUT2D eigenvalue weighted by Gasteiger charge is -2.15. The zero-order valence-corrected chi connectivity index (χ0v) is 13.2. The number of benzene rings is 1. The minimum absolute atomic E-state index is 0.0368. The predicted molar refractivity (Wildman–Crippen MR) is 85.5 cm³/mol. The Bertz CT molecular complexity index is 696. The van der Waals surface area contributed by atoms with Gasteiger partial charge in [-0.3, -0.25) is 9.59 Å². The number of rotatable bonds is 6. The van der Waals surface area contributed by atoms with Gasteiger partial charge in [0.25, 0.3) is 0 Å². The van der Waals surface area contributed by atoms with E-state index in [0.717, 1.165) is 12.8 Å². The van der Waals surface area contributed by atoms with Crippen LogP contribution in [0.5, 0.6) is 0 Å². The maximum absolute atomic E-state index is 13.5. The molecule has 0 radical (unpaired) electrons. The number of nitriles is 1. The number of likely N-dealkylation sites (tertiary alicyclic amines) is 1. The third-order valence-corrected chi connectivity index (χ3v) is 4.38. The number of carbonyl (C=O) groups is 2. The van der Waals surface area contributed by atoms with Gasteiger partial charge in [0, 0.05) is 32.1 Å². The molecular weight excluding hydrogens is 311 g/mol. The van der Waals surface area contributed by atoms with Crippen molar-refractivity contribution in [3.8, 4) is 6.07 Å². The van der Waals surface area contributed by atoms with Crippen LogP contribution in [-0.2, 0) is 9.59 Å². The second kappa shape index (κ2) is 6.87. The van der Waals surface area contributed by atoms with E-state index in [1.165, 1.54) is 12.1 Å². The molecule has 24 heavy (non-hydrogen) atoms. The second-order valence-corrected chi connectivity index (χ2v) is 6.17. The first-order valence-corrected chi connectivity index (χ1v) is 8.10. The van der Waals surface area contributed by atoms with Crippen LogP contribution in [-0.4, -0.2) is 42.4 Å². The average Bonchev–Trinajstić information content (AvgIpc) is 3.33. The molecule has 1 aliphatic carbocycles. The van der Waals surface area contributed by atoms with Crippen LogP contribution in [0.1, 0.15) is 24.8 Å². The molecule has 6 nitrogen and oxygen atoms in total. The van der Waals surface area contributed by atoms with Crippen LogP contribution in [0.3, 0.4) is 0 Å². The van der Waals surface area contributed by atoms with E-state index in [0.29, 0.717) is 31.4 Å². The summed E-state index contributed by atoms with van der Waals surface area (Å²) in [6.45, 7) is 1.22. The van der Waals surface area contributed by atoms with E-state index < -0.39 is 5.82 Å². The fourth-order valence-corrected chi connectivity index (χ4v) is 2.96. The van der Waals surface area contributed by atoms with Crippen LogP contribution in [0, 0.1) is 23.1 Å². The topological polar surface area (TPSA) is 85.2 Å².